The van der Waals surface area contributed by atoms with Gasteiger partial charge in [0.25, 0.3) is 0 Å². The first-order valence-corrected chi connectivity index (χ1v) is 11.1. The number of aryl methyl sites for hydroxylation is 1. The Kier molecular flexibility index (Phi) is 6.65. The first-order chi connectivity index (χ1) is 13.7. The lowest BCUT2D eigenvalue weighted by Gasteiger charge is -2.42. The van der Waals surface area contributed by atoms with E-state index < -0.39 is 0 Å². The number of carbonyl (C=O) groups excluding carboxylic acids is 1. The van der Waals surface area contributed by atoms with E-state index in [1.165, 1.54) is 37.1 Å². The van der Waals surface area contributed by atoms with E-state index in [4.69, 9.17) is 4.74 Å². The third kappa shape index (κ3) is 4.94. The number of nitrogens with zero attached hydrogens (tertiary/aromatic N) is 3. The second-order valence-electron chi connectivity index (χ2n) is 8.70. The molecule has 28 heavy (non-hydrogen) atoms. The molecule has 5 nitrogen and oxygen atoms in total. The summed E-state index contributed by atoms with van der Waals surface area (Å²) < 4.78 is 5.50. The molecule has 0 radical (unpaired) electrons. The van der Waals surface area contributed by atoms with Crippen LogP contribution in [0.1, 0.15) is 43.2 Å². The normalized spacial score (nSPS) is 26.4. The number of benzene rings is 1. The van der Waals surface area contributed by atoms with Gasteiger partial charge in [-0.15, -0.1) is 0 Å². The lowest BCUT2D eigenvalue weighted by atomic mass is 9.98. The molecule has 3 fully saturated rings. The van der Waals surface area contributed by atoms with Gasteiger partial charge < -0.3 is 14.5 Å². The summed E-state index contributed by atoms with van der Waals surface area (Å²) in [4.78, 5) is 20.0. The van der Waals surface area contributed by atoms with E-state index >= 15 is 0 Å². The molecule has 1 aromatic rings. The monoisotopic (exact) mass is 385 g/mol. The van der Waals surface area contributed by atoms with Crippen LogP contribution >= 0.6 is 0 Å². The smallest absolute Gasteiger partial charge is 0.222 e. The summed E-state index contributed by atoms with van der Waals surface area (Å²) in [7, 11) is 0. The summed E-state index contributed by atoms with van der Waals surface area (Å²) in [5.41, 5.74) is 2.51. The maximum absolute atomic E-state index is 12.7. The van der Waals surface area contributed by atoms with Gasteiger partial charge in [-0.3, -0.25) is 9.69 Å². The maximum Gasteiger partial charge on any atom is 0.222 e. The molecule has 3 heterocycles. The van der Waals surface area contributed by atoms with E-state index in [0.717, 1.165) is 58.3 Å². The summed E-state index contributed by atoms with van der Waals surface area (Å²) in [5.74, 6) is 0.325. The van der Waals surface area contributed by atoms with Crippen molar-refractivity contribution in [3.05, 3.63) is 35.4 Å². The van der Waals surface area contributed by atoms with Crippen LogP contribution in [0.25, 0.3) is 0 Å². The van der Waals surface area contributed by atoms with Crippen LogP contribution in [-0.4, -0.2) is 78.6 Å². The molecule has 0 bridgehead atoms. The lowest BCUT2D eigenvalue weighted by molar-refractivity contribution is -0.131. The standard InChI is InChI=1S/C23H35N3O2/c1-19-2-4-20(5-3-19)18-26-13-10-21(6-7-23(26)27)24-11-8-22(9-12-24)25-14-16-28-17-15-25/h2-5,21-22H,6-18H2,1H3. The number of hydrogen-bond donors (Lipinski definition) is 0. The van der Waals surface area contributed by atoms with Gasteiger partial charge in [-0.2, -0.15) is 0 Å². The molecule has 1 unspecified atom stereocenters. The number of carbonyl (C=O) groups is 1. The van der Waals surface area contributed by atoms with Crippen molar-refractivity contribution in [2.24, 2.45) is 0 Å². The maximum atomic E-state index is 12.7. The van der Waals surface area contributed by atoms with Crippen LogP contribution in [0, 0.1) is 6.92 Å². The molecule has 1 amide bonds. The van der Waals surface area contributed by atoms with Crippen molar-refractivity contribution in [3.8, 4) is 0 Å². The van der Waals surface area contributed by atoms with Crippen molar-refractivity contribution in [1.82, 2.24) is 14.7 Å². The Morgan fingerprint density at radius 3 is 2.18 bits per heavy atom. The number of morpholine rings is 1. The number of amides is 1. The Morgan fingerprint density at radius 1 is 0.857 bits per heavy atom. The lowest BCUT2D eigenvalue weighted by Crippen LogP contribution is -2.51. The fourth-order valence-corrected chi connectivity index (χ4v) is 5.03. The molecule has 3 saturated heterocycles. The largest absolute Gasteiger partial charge is 0.379 e. The quantitative estimate of drug-likeness (QED) is 0.798. The van der Waals surface area contributed by atoms with Crippen LogP contribution in [-0.2, 0) is 16.1 Å². The van der Waals surface area contributed by atoms with Crippen LogP contribution in [0.5, 0.6) is 0 Å². The second-order valence-corrected chi connectivity index (χ2v) is 8.70. The number of piperidine rings is 1. The number of hydrogen-bond acceptors (Lipinski definition) is 4. The van der Waals surface area contributed by atoms with Crippen molar-refractivity contribution in [2.75, 3.05) is 45.9 Å². The Morgan fingerprint density at radius 2 is 1.46 bits per heavy atom. The average Bonchev–Trinajstić information content (AvgIpc) is 2.92. The molecule has 5 heteroatoms. The number of ether oxygens (including phenoxy) is 1. The summed E-state index contributed by atoms with van der Waals surface area (Å²) in [5, 5.41) is 0. The van der Waals surface area contributed by atoms with Crippen molar-refractivity contribution in [2.45, 2.75) is 57.7 Å². The molecule has 0 aromatic heterocycles. The predicted octanol–water partition coefficient (Wildman–Crippen LogP) is 2.67. The highest BCUT2D eigenvalue weighted by Gasteiger charge is 2.31. The number of rotatable bonds is 4. The SMILES string of the molecule is Cc1ccc(CN2CCC(N3CCC(N4CCOCC4)CC3)CCC2=O)cc1. The van der Waals surface area contributed by atoms with E-state index in [0.29, 0.717) is 18.4 Å². The molecule has 3 aliphatic rings. The summed E-state index contributed by atoms with van der Waals surface area (Å²) >= 11 is 0. The molecule has 1 atom stereocenters. The average molecular weight is 386 g/mol. The minimum Gasteiger partial charge on any atom is -0.379 e. The van der Waals surface area contributed by atoms with Crippen molar-refractivity contribution in [3.63, 3.8) is 0 Å². The molecule has 0 spiro atoms. The van der Waals surface area contributed by atoms with Gasteiger partial charge in [-0.1, -0.05) is 29.8 Å². The summed E-state index contributed by atoms with van der Waals surface area (Å²) in [6, 6.07) is 9.88. The fourth-order valence-electron chi connectivity index (χ4n) is 5.03. The molecule has 3 aliphatic heterocycles. The van der Waals surface area contributed by atoms with Gasteiger partial charge in [-0.25, -0.2) is 0 Å². The van der Waals surface area contributed by atoms with Gasteiger partial charge in [-0.05, 0) is 51.3 Å². The zero-order valence-electron chi connectivity index (χ0n) is 17.3. The minimum absolute atomic E-state index is 0.325. The van der Waals surface area contributed by atoms with E-state index in [-0.39, 0.29) is 0 Å². The molecule has 1 aromatic carbocycles. The van der Waals surface area contributed by atoms with Crippen LogP contribution in [0.4, 0.5) is 0 Å². The zero-order chi connectivity index (χ0) is 19.3. The fraction of sp³-hybridized carbons (Fsp3) is 0.696. The van der Waals surface area contributed by atoms with Crippen molar-refractivity contribution in [1.29, 1.82) is 0 Å². The summed E-state index contributed by atoms with van der Waals surface area (Å²) in [6.07, 6.45) is 5.35. The zero-order valence-corrected chi connectivity index (χ0v) is 17.3. The molecule has 0 N–H and O–H groups in total. The molecule has 4 rings (SSSR count). The highest BCUT2D eigenvalue weighted by molar-refractivity contribution is 5.76. The van der Waals surface area contributed by atoms with Gasteiger partial charge in [0.15, 0.2) is 0 Å². The Labute approximate surface area is 169 Å². The van der Waals surface area contributed by atoms with E-state index in [1.807, 2.05) is 0 Å². The van der Waals surface area contributed by atoms with E-state index in [9.17, 15) is 4.79 Å². The van der Waals surface area contributed by atoms with Gasteiger partial charge in [0.1, 0.15) is 0 Å². The van der Waals surface area contributed by atoms with E-state index in [2.05, 4.69) is 45.9 Å². The van der Waals surface area contributed by atoms with Crippen LogP contribution in [0.15, 0.2) is 24.3 Å². The van der Waals surface area contributed by atoms with Crippen LogP contribution < -0.4 is 0 Å². The van der Waals surface area contributed by atoms with Crippen molar-refractivity contribution >= 4 is 5.91 Å². The predicted molar refractivity (Wildman–Crippen MR) is 111 cm³/mol. The third-order valence-corrected chi connectivity index (χ3v) is 6.85. The third-order valence-electron chi connectivity index (χ3n) is 6.85. The van der Waals surface area contributed by atoms with Crippen LogP contribution in [0.3, 0.4) is 0 Å². The molecule has 154 valence electrons. The van der Waals surface area contributed by atoms with Crippen LogP contribution in [0.2, 0.25) is 0 Å². The highest BCUT2D eigenvalue weighted by atomic mass is 16.5. The highest BCUT2D eigenvalue weighted by Crippen LogP contribution is 2.25. The Hall–Kier alpha value is -1.43. The van der Waals surface area contributed by atoms with Gasteiger partial charge in [0.2, 0.25) is 5.91 Å². The minimum atomic E-state index is 0.325. The molecule has 0 aliphatic carbocycles. The first-order valence-electron chi connectivity index (χ1n) is 11.1. The second kappa shape index (κ2) is 9.38. The molecular formula is C23H35N3O2. The van der Waals surface area contributed by atoms with Gasteiger partial charge in [0.05, 0.1) is 13.2 Å². The first kappa shape index (κ1) is 19.9. The number of likely N-dealkylation sites (tertiary alicyclic amines) is 2. The van der Waals surface area contributed by atoms with E-state index in [1.54, 1.807) is 0 Å². The Bertz CT molecular complexity index is 634. The summed E-state index contributed by atoms with van der Waals surface area (Å²) in [6.45, 7) is 10.1. The van der Waals surface area contributed by atoms with Gasteiger partial charge >= 0.3 is 0 Å². The molecule has 0 saturated carbocycles. The van der Waals surface area contributed by atoms with Gasteiger partial charge in [0, 0.05) is 44.7 Å². The Balaban J connectivity index is 1.27. The van der Waals surface area contributed by atoms with Crippen molar-refractivity contribution < 1.29 is 9.53 Å². The topological polar surface area (TPSA) is 36.0 Å². The molecular weight excluding hydrogens is 350 g/mol.